The Morgan fingerprint density at radius 1 is 1.00 bits per heavy atom. The molecule has 0 radical (unpaired) electrons. The lowest BCUT2D eigenvalue weighted by atomic mass is 10.1. The van der Waals surface area contributed by atoms with Crippen LogP contribution in [0.25, 0.3) is 0 Å². The van der Waals surface area contributed by atoms with Gasteiger partial charge in [-0.1, -0.05) is 48.0 Å². The Balaban J connectivity index is 1.81. The number of anilines is 1. The number of carbonyl (C=O) groups excluding carboxylic acids is 2. The van der Waals surface area contributed by atoms with Gasteiger partial charge in [0.25, 0.3) is 11.8 Å². The third-order valence-electron chi connectivity index (χ3n) is 4.01. The largest absolute Gasteiger partial charge is 0.337 e. The van der Waals surface area contributed by atoms with Crippen LogP contribution in [0.5, 0.6) is 0 Å². The number of rotatable bonds is 5. The number of halogens is 1. The third-order valence-corrected chi connectivity index (χ3v) is 4.33. The number of hydrogen-bond donors (Lipinski definition) is 1. The van der Waals surface area contributed by atoms with Crippen molar-refractivity contribution in [2.45, 2.75) is 6.54 Å². The lowest BCUT2D eigenvalue weighted by molar-refractivity contribution is 0.0785. The number of hydrogen-bond acceptors (Lipinski definition) is 3. The maximum absolute atomic E-state index is 12.6. The van der Waals surface area contributed by atoms with Crippen LogP contribution in [-0.2, 0) is 6.54 Å². The Labute approximate surface area is 162 Å². The molecule has 1 N–H and O–H groups in total. The van der Waals surface area contributed by atoms with Gasteiger partial charge in [-0.2, -0.15) is 0 Å². The van der Waals surface area contributed by atoms with E-state index < -0.39 is 0 Å². The molecule has 1 aromatic heterocycles. The normalized spacial score (nSPS) is 10.3. The monoisotopic (exact) mass is 379 g/mol. The van der Waals surface area contributed by atoms with Crippen LogP contribution >= 0.6 is 11.6 Å². The molecule has 3 rings (SSSR count). The van der Waals surface area contributed by atoms with E-state index in [2.05, 4.69) is 10.3 Å². The molecule has 0 aliphatic rings. The zero-order valence-electron chi connectivity index (χ0n) is 14.7. The van der Waals surface area contributed by atoms with Gasteiger partial charge in [0.05, 0.1) is 10.7 Å². The fraction of sp³-hybridized carbons (Fsp3) is 0.0952. The minimum Gasteiger partial charge on any atom is -0.337 e. The maximum atomic E-state index is 12.6. The summed E-state index contributed by atoms with van der Waals surface area (Å²) in [5.41, 5.74) is 2.10. The van der Waals surface area contributed by atoms with Gasteiger partial charge in [0.1, 0.15) is 5.69 Å². The summed E-state index contributed by atoms with van der Waals surface area (Å²) in [6.07, 6.45) is 1.55. The first kappa shape index (κ1) is 18.6. The van der Waals surface area contributed by atoms with Crippen LogP contribution in [0.2, 0.25) is 5.02 Å². The summed E-state index contributed by atoms with van der Waals surface area (Å²) in [7, 11) is 1.71. The van der Waals surface area contributed by atoms with Crippen molar-refractivity contribution in [3.63, 3.8) is 0 Å². The van der Waals surface area contributed by atoms with Crippen molar-refractivity contribution >= 4 is 29.1 Å². The second-order valence-corrected chi connectivity index (χ2v) is 6.38. The van der Waals surface area contributed by atoms with Crippen LogP contribution in [0.3, 0.4) is 0 Å². The highest BCUT2D eigenvalue weighted by Gasteiger charge is 2.17. The molecule has 2 aromatic carbocycles. The highest BCUT2D eigenvalue weighted by atomic mass is 35.5. The van der Waals surface area contributed by atoms with Gasteiger partial charge in [-0.15, -0.1) is 0 Å². The van der Waals surface area contributed by atoms with Crippen LogP contribution in [0, 0.1) is 0 Å². The predicted molar refractivity (Wildman–Crippen MR) is 106 cm³/mol. The van der Waals surface area contributed by atoms with E-state index in [4.69, 9.17) is 11.6 Å². The molecule has 0 spiro atoms. The second kappa shape index (κ2) is 8.47. The van der Waals surface area contributed by atoms with Crippen LogP contribution in [0.1, 0.15) is 26.4 Å². The molecule has 27 heavy (non-hydrogen) atoms. The first-order valence-corrected chi connectivity index (χ1v) is 8.74. The quantitative estimate of drug-likeness (QED) is 0.720. The molecule has 0 atom stereocenters. The van der Waals surface area contributed by atoms with Gasteiger partial charge in [-0.3, -0.25) is 14.6 Å². The van der Waals surface area contributed by atoms with E-state index in [9.17, 15) is 9.59 Å². The molecule has 0 fully saturated rings. The molecular weight excluding hydrogens is 362 g/mol. The van der Waals surface area contributed by atoms with Crippen molar-refractivity contribution < 1.29 is 9.59 Å². The average Bonchev–Trinajstić information content (AvgIpc) is 2.71. The minimum absolute atomic E-state index is 0.113. The number of nitrogens with one attached hydrogen (secondary N) is 1. The second-order valence-electron chi connectivity index (χ2n) is 5.97. The zero-order chi connectivity index (χ0) is 19.2. The average molecular weight is 380 g/mol. The fourth-order valence-electron chi connectivity index (χ4n) is 2.64. The van der Waals surface area contributed by atoms with E-state index in [-0.39, 0.29) is 17.5 Å². The van der Waals surface area contributed by atoms with E-state index >= 15 is 0 Å². The van der Waals surface area contributed by atoms with Gasteiger partial charge in [0.2, 0.25) is 0 Å². The number of aromatic nitrogens is 1. The predicted octanol–water partition coefficient (Wildman–Crippen LogP) is 4.26. The number of benzene rings is 2. The highest BCUT2D eigenvalue weighted by molar-refractivity contribution is 6.34. The maximum Gasteiger partial charge on any atom is 0.274 e. The molecule has 0 aliphatic carbocycles. The minimum atomic E-state index is -0.359. The standard InChI is InChI=1S/C21H18ClN3O2/c1-25(21(27)15-8-3-2-4-9-15)14-16-10-7-11-17(22)19(16)24-20(26)18-12-5-6-13-23-18/h2-13H,14H2,1H3,(H,24,26). The van der Waals surface area contributed by atoms with Crippen molar-refractivity contribution in [1.29, 1.82) is 0 Å². The van der Waals surface area contributed by atoms with E-state index in [1.807, 2.05) is 24.3 Å². The van der Waals surface area contributed by atoms with E-state index in [1.165, 1.54) is 0 Å². The summed E-state index contributed by atoms with van der Waals surface area (Å²) < 4.78 is 0. The lowest BCUT2D eigenvalue weighted by Crippen LogP contribution is -2.27. The van der Waals surface area contributed by atoms with Crippen molar-refractivity contribution in [2.24, 2.45) is 0 Å². The fourth-order valence-corrected chi connectivity index (χ4v) is 2.88. The molecule has 0 unspecified atom stereocenters. The van der Waals surface area contributed by atoms with Crippen LogP contribution in [0.4, 0.5) is 5.69 Å². The Hall–Kier alpha value is -3.18. The number of pyridine rings is 1. The van der Waals surface area contributed by atoms with Crippen molar-refractivity contribution in [1.82, 2.24) is 9.88 Å². The summed E-state index contributed by atoms with van der Waals surface area (Å²) in [5, 5.41) is 3.21. The molecule has 0 bridgehead atoms. The van der Waals surface area contributed by atoms with Crippen LogP contribution in [-0.4, -0.2) is 28.7 Å². The first-order valence-electron chi connectivity index (χ1n) is 8.36. The zero-order valence-corrected chi connectivity index (χ0v) is 15.5. The number of amides is 2. The highest BCUT2D eigenvalue weighted by Crippen LogP contribution is 2.27. The van der Waals surface area contributed by atoms with Gasteiger partial charge >= 0.3 is 0 Å². The molecule has 2 amide bonds. The molecule has 0 saturated heterocycles. The number of para-hydroxylation sites is 1. The van der Waals surface area contributed by atoms with Gasteiger partial charge < -0.3 is 10.2 Å². The van der Waals surface area contributed by atoms with Crippen molar-refractivity contribution in [2.75, 3.05) is 12.4 Å². The molecule has 0 saturated carbocycles. The molecule has 6 heteroatoms. The van der Waals surface area contributed by atoms with Crippen molar-refractivity contribution in [3.8, 4) is 0 Å². The molecule has 136 valence electrons. The molecule has 1 heterocycles. The Morgan fingerprint density at radius 2 is 1.74 bits per heavy atom. The van der Waals surface area contributed by atoms with Crippen LogP contribution in [0.15, 0.2) is 72.9 Å². The Morgan fingerprint density at radius 3 is 2.44 bits per heavy atom. The van der Waals surface area contributed by atoms with Gasteiger partial charge in [0.15, 0.2) is 0 Å². The van der Waals surface area contributed by atoms with Crippen molar-refractivity contribution in [3.05, 3.63) is 94.8 Å². The van der Waals surface area contributed by atoms with E-state index in [0.29, 0.717) is 22.8 Å². The topological polar surface area (TPSA) is 62.3 Å². The van der Waals surface area contributed by atoms with Gasteiger partial charge in [-0.05, 0) is 35.9 Å². The van der Waals surface area contributed by atoms with Gasteiger partial charge in [-0.25, -0.2) is 0 Å². The first-order chi connectivity index (χ1) is 13.1. The SMILES string of the molecule is CN(Cc1cccc(Cl)c1NC(=O)c1ccccn1)C(=O)c1ccccc1. The smallest absolute Gasteiger partial charge is 0.274 e. The summed E-state index contributed by atoms with van der Waals surface area (Å²) in [4.78, 5) is 30.7. The molecular formula is C21H18ClN3O2. The summed E-state index contributed by atoms with van der Waals surface area (Å²) >= 11 is 6.30. The van der Waals surface area contributed by atoms with E-state index in [1.54, 1.807) is 60.6 Å². The van der Waals surface area contributed by atoms with Gasteiger partial charge in [0, 0.05) is 25.4 Å². The summed E-state index contributed by atoms with van der Waals surface area (Å²) in [6.45, 7) is 0.298. The number of nitrogens with zero attached hydrogens (tertiary/aromatic N) is 2. The Kier molecular flexibility index (Phi) is 5.84. The molecule has 3 aromatic rings. The summed E-state index contributed by atoms with van der Waals surface area (Å²) in [6, 6.07) is 19.4. The lowest BCUT2D eigenvalue weighted by Gasteiger charge is -2.20. The third kappa shape index (κ3) is 4.51. The molecule has 0 aliphatic heterocycles. The molecule has 5 nitrogen and oxygen atoms in total. The van der Waals surface area contributed by atoms with Crippen LogP contribution < -0.4 is 5.32 Å². The Bertz CT molecular complexity index is 946. The van der Waals surface area contributed by atoms with E-state index in [0.717, 1.165) is 5.56 Å². The number of carbonyl (C=O) groups is 2. The summed E-state index contributed by atoms with van der Waals surface area (Å²) in [5.74, 6) is -0.473.